The first-order valence-corrected chi connectivity index (χ1v) is 15.5. The van der Waals surface area contributed by atoms with E-state index in [1.54, 1.807) is 19.2 Å². The zero-order chi connectivity index (χ0) is 28.9. The van der Waals surface area contributed by atoms with E-state index in [1.165, 1.54) is 40.6 Å². The van der Waals surface area contributed by atoms with Gasteiger partial charge in [0.25, 0.3) is 15.7 Å². The fraction of sp³-hybridized carbons (Fsp3) is 0.400. The zero-order valence-corrected chi connectivity index (χ0v) is 24.9. The Morgan fingerprint density at radius 2 is 1.68 bits per heavy atom. The van der Waals surface area contributed by atoms with Crippen LogP contribution >= 0.6 is 11.8 Å². The SMILES string of the molecule is COc1cc(OC)c2c(c1)N(S(=O)(=O)c1ccccc1[N+](=O)[O-])CC1C2(C)CCC(Sc2ccccc2)C1(C)C. The number of anilines is 1. The van der Waals surface area contributed by atoms with Gasteiger partial charge in [0.05, 0.1) is 24.8 Å². The van der Waals surface area contributed by atoms with Crippen molar-refractivity contribution in [2.75, 3.05) is 25.1 Å². The van der Waals surface area contributed by atoms with Gasteiger partial charge in [0.1, 0.15) is 11.5 Å². The van der Waals surface area contributed by atoms with E-state index < -0.39 is 26.0 Å². The second-order valence-electron chi connectivity index (χ2n) is 11.2. The standard InChI is InChI=1S/C30H34N2O6S2/c1-29(2)26-19-31(40(35,36)25-14-10-9-13-22(25)32(33)34)23-17-20(37-4)18-24(38-5)28(23)30(26,3)16-15-27(29)39-21-11-7-6-8-12-21/h6-14,17-18,26-27H,15-16,19H2,1-5H3. The minimum absolute atomic E-state index is 0.109. The number of benzene rings is 3. The number of fused-ring (bicyclic) bond motifs is 3. The summed E-state index contributed by atoms with van der Waals surface area (Å²) >= 11 is 1.83. The number of hydrogen-bond donors (Lipinski definition) is 0. The summed E-state index contributed by atoms with van der Waals surface area (Å²) in [5.74, 6) is 0.893. The second-order valence-corrected chi connectivity index (χ2v) is 14.3. The van der Waals surface area contributed by atoms with Crippen molar-refractivity contribution < 1.29 is 22.8 Å². The summed E-state index contributed by atoms with van der Waals surface area (Å²) in [6.45, 7) is 6.80. The Hall–Kier alpha value is -3.24. The number of nitro groups is 1. The molecule has 5 rings (SSSR count). The smallest absolute Gasteiger partial charge is 0.289 e. The Morgan fingerprint density at radius 3 is 2.33 bits per heavy atom. The summed E-state index contributed by atoms with van der Waals surface area (Å²) in [6.07, 6.45) is 1.77. The van der Waals surface area contributed by atoms with Crippen molar-refractivity contribution in [1.29, 1.82) is 0 Å². The number of rotatable bonds is 7. The molecule has 0 saturated heterocycles. The maximum Gasteiger partial charge on any atom is 0.289 e. The van der Waals surface area contributed by atoms with Crippen LogP contribution in [0.25, 0.3) is 0 Å². The van der Waals surface area contributed by atoms with Crippen LogP contribution in [0.5, 0.6) is 11.5 Å². The number of methoxy groups -OCH3 is 2. The van der Waals surface area contributed by atoms with Gasteiger partial charge in [0, 0.05) is 45.9 Å². The van der Waals surface area contributed by atoms with E-state index in [1.807, 2.05) is 30.0 Å². The summed E-state index contributed by atoms with van der Waals surface area (Å²) in [5.41, 5.74) is 0.0851. The van der Waals surface area contributed by atoms with Crippen molar-refractivity contribution in [3.8, 4) is 11.5 Å². The van der Waals surface area contributed by atoms with Crippen molar-refractivity contribution in [3.63, 3.8) is 0 Å². The van der Waals surface area contributed by atoms with Crippen LogP contribution in [0.3, 0.4) is 0 Å². The molecule has 2 aliphatic rings. The maximum atomic E-state index is 14.4. The molecular formula is C30H34N2O6S2. The number of nitrogens with zero attached hydrogens (tertiary/aromatic N) is 2. The third-order valence-electron chi connectivity index (χ3n) is 8.77. The first-order chi connectivity index (χ1) is 18.9. The maximum absolute atomic E-state index is 14.4. The second kappa shape index (κ2) is 10.3. The van der Waals surface area contributed by atoms with E-state index in [0.717, 1.165) is 18.4 Å². The third kappa shape index (κ3) is 4.51. The van der Waals surface area contributed by atoms with Gasteiger partial charge in [-0.05, 0) is 42.4 Å². The van der Waals surface area contributed by atoms with Crippen LogP contribution in [0.1, 0.15) is 39.2 Å². The molecule has 1 aliphatic heterocycles. The lowest BCUT2D eigenvalue weighted by atomic mass is 9.52. The van der Waals surface area contributed by atoms with Crippen LogP contribution < -0.4 is 13.8 Å². The molecule has 3 aromatic rings. The number of sulfonamides is 1. The monoisotopic (exact) mass is 582 g/mol. The highest BCUT2D eigenvalue weighted by atomic mass is 32.2. The number of nitro benzene ring substituents is 1. The first-order valence-electron chi connectivity index (χ1n) is 13.2. The predicted octanol–water partition coefficient (Wildman–Crippen LogP) is 6.68. The minimum atomic E-state index is -4.33. The highest BCUT2D eigenvalue weighted by Crippen LogP contribution is 2.62. The molecule has 40 heavy (non-hydrogen) atoms. The molecule has 0 bridgehead atoms. The van der Waals surface area contributed by atoms with Crippen LogP contribution in [-0.4, -0.2) is 39.4 Å². The quantitative estimate of drug-likeness (QED) is 0.226. The summed E-state index contributed by atoms with van der Waals surface area (Å²) in [7, 11) is -1.24. The zero-order valence-electron chi connectivity index (χ0n) is 23.3. The van der Waals surface area contributed by atoms with Crippen molar-refractivity contribution in [1.82, 2.24) is 0 Å². The van der Waals surface area contributed by atoms with Crippen molar-refractivity contribution in [2.24, 2.45) is 11.3 Å². The molecule has 0 amide bonds. The van der Waals surface area contributed by atoms with Gasteiger partial charge in [-0.25, -0.2) is 8.42 Å². The Kier molecular flexibility index (Phi) is 7.29. The number of thioether (sulfide) groups is 1. The van der Waals surface area contributed by atoms with Crippen molar-refractivity contribution >= 4 is 33.2 Å². The average molecular weight is 583 g/mol. The van der Waals surface area contributed by atoms with E-state index >= 15 is 0 Å². The molecule has 3 unspecified atom stereocenters. The van der Waals surface area contributed by atoms with Crippen LogP contribution in [-0.2, 0) is 15.4 Å². The normalized spacial score (nSPS) is 23.6. The molecule has 3 atom stereocenters. The van der Waals surface area contributed by atoms with Gasteiger partial charge in [-0.15, -0.1) is 11.8 Å². The molecule has 1 heterocycles. The molecule has 10 heteroatoms. The molecule has 1 aliphatic carbocycles. The van der Waals surface area contributed by atoms with E-state index in [2.05, 4.69) is 32.9 Å². The largest absolute Gasteiger partial charge is 0.497 e. The van der Waals surface area contributed by atoms with Gasteiger partial charge in [0.15, 0.2) is 4.90 Å². The lowest BCUT2D eigenvalue weighted by Crippen LogP contribution is -2.59. The number of ether oxygens (including phenoxy) is 2. The Balaban J connectivity index is 1.71. The summed E-state index contributed by atoms with van der Waals surface area (Å²) in [6, 6.07) is 19.3. The fourth-order valence-electron chi connectivity index (χ4n) is 6.70. The van der Waals surface area contributed by atoms with Gasteiger partial charge >= 0.3 is 0 Å². The van der Waals surface area contributed by atoms with Crippen LogP contribution in [0.2, 0.25) is 0 Å². The van der Waals surface area contributed by atoms with E-state index in [4.69, 9.17) is 9.47 Å². The van der Waals surface area contributed by atoms with Gasteiger partial charge in [-0.3, -0.25) is 14.4 Å². The molecule has 1 fully saturated rings. The Labute approximate surface area is 239 Å². The highest BCUT2D eigenvalue weighted by Gasteiger charge is 2.58. The summed E-state index contributed by atoms with van der Waals surface area (Å²) < 4.78 is 41.5. The molecular weight excluding hydrogens is 548 g/mol. The van der Waals surface area contributed by atoms with Crippen LogP contribution in [0.4, 0.5) is 11.4 Å². The molecule has 0 aromatic heterocycles. The lowest BCUT2D eigenvalue weighted by molar-refractivity contribution is -0.387. The Morgan fingerprint density at radius 1 is 1.00 bits per heavy atom. The lowest BCUT2D eigenvalue weighted by Gasteiger charge is -2.59. The minimum Gasteiger partial charge on any atom is -0.497 e. The molecule has 8 nitrogen and oxygen atoms in total. The molecule has 0 spiro atoms. The van der Waals surface area contributed by atoms with Crippen LogP contribution in [0.15, 0.2) is 76.5 Å². The van der Waals surface area contributed by atoms with E-state index in [-0.39, 0.29) is 28.0 Å². The molecule has 212 valence electrons. The molecule has 3 aromatic carbocycles. The van der Waals surface area contributed by atoms with Gasteiger partial charge in [-0.2, -0.15) is 0 Å². The highest BCUT2D eigenvalue weighted by molar-refractivity contribution is 8.00. The molecule has 1 saturated carbocycles. The molecule has 0 N–H and O–H groups in total. The number of hydrogen-bond acceptors (Lipinski definition) is 7. The van der Waals surface area contributed by atoms with Gasteiger partial charge in [0.2, 0.25) is 0 Å². The summed E-state index contributed by atoms with van der Waals surface area (Å²) in [5, 5.41) is 12.1. The van der Waals surface area contributed by atoms with Crippen LogP contribution in [0, 0.1) is 21.4 Å². The topological polar surface area (TPSA) is 99.0 Å². The van der Waals surface area contributed by atoms with E-state index in [9.17, 15) is 18.5 Å². The van der Waals surface area contributed by atoms with E-state index in [0.29, 0.717) is 17.2 Å². The average Bonchev–Trinajstić information content (AvgIpc) is 2.94. The third-order valence-corrected chi connectivity index (χ3v) is 12.3. The van der Waals surface area contributed by atoms with Gasteiger partial charge < -0.3 is 9.47 Å². The first kappa shape index (κ1) is 28.3. The van der Waals surface area contributed by atoms with Crippen molar-refractivity contribution in [3.05, 3.63) is 82.4 Å². The predicted molar refractivity (Wildman–Crippen MR) is 157 cm³/mol. The Bertz CT molecular complexity index is 1540. The summed E-state index contributed by atoms with van der Waals surface area (Å²) in [4.78, 5) is 12.1. The van der Waals surface area contributed by atoms with Crippen molar-refractivity contribution in [2.45, 2.75) is 54.1 Å². The van der Waals surface area contributed by atoms with Gasteiger partial charge in [-0.1, -0.05) is 51.1 Å². The fourth-order valence-corrected chi connectivity index (χ4v) is 9.68. The molecule has 0 radical (unpaired) electrons. The number of para-hydroxylation sites is 1.